The zero-order valence-corrected chi connectivity index (χ0v) is 11.8. The van der Waals surface area contributed by atoms with Gasteiger partial charge in [-0.05, 0) is 37.1 Å². The lowest BCUT2D eigenvalue weighted by Crippen LogP contribution is -2.42. The summed E-state index contributed by atoms with van der Waals surface area (Å²) in [7, 11) is 0. The summed E-state index contributed by atoms with van der Waals surface area (Å²) in [4.78, 5) is 26.3. The molecule has 7 heteroatoms. The van der Waals surface area contributed by atoms with Gasteiger partial charge in [0.1, 0.15) is 5.82 Å². The summed E-state index contributed by atoms with van der Waals surface area (Å²) in [6, 6.07) is 5.51. The average Bonchev–Trinajstić information content (AvgIpc) is 3.09. The molecule has 1 aliphatic rings. The highest BCUT2D eigenvalue weighted by atomic mass is 19.1. The van der Waals surface area contributed by atoms with Crippen LogP contribution in [0.2, 0.25) is 0 Å². The van der Waals surface area contributed by atoms with Crippen molar-refractivity contribution in [2.24, 2.45) is 5.92 Å². The second-order valence-corrected chi connectivity index (χ2v) is 5.32. The SMILES string of the molecule is O=C(c1ccc(F)cc1)C1CCCN(C(=O)c2cn[nH]n2)C1. The molecule has 0 spiro atoms. The van der Waals surface area contributed by atoms with Crippen LogP contribution in [-0.4, -0.2) is 45.1 Å². The van der Waals surface area contributed by atoms with Gasteiger partial charge in [0.25, 0.3) is 5.91 Å². The summed E-state index contributed by atoms with van der Waals surface area (Å²) in [5.41, 5.74) is 0.719. The van der Waals surface area contributed by atoms with Gasteiger partial charge in [-0.3, -0.25) is 9.59 Å². The molecule has 1 amide bonds. The van der Waals surface area contributed by atoms with Gasteiger partial charge in [0.05, 0.1) is 6.20 Å². The summed E-state index contributed by atoms with van der Waals surface area (Å²) in [6.07, 6.45) is 2.84. The number of nitrogens with one attached hydrogen (secondary N) is 1. The standard InChI is InChI=1S/C15H15FN4O2/c16-12-5-3-10(4-6-12)14(21)11-2-1-7-20(9-11)15(22)13-8-17-19-18-13/h3-6,8,11H,1-2,7,9H2,(H,17,18,19). The van der Waals surface area contributed by atoms with E-state index in [0.29, 0.717) is 18.7 Å². The number of Topliss-reactive ketones (excluding diaryl/α,β-unsaturated/α-hetero) is 1. The molecule has 1 atom stereocenters. The minimum atomic E-state index is -0.372. The normalized spacial score (nSPS) is 18.2. The van der Waals surface area contributed by atoms with E-state index in [-0.39, 0.29) is 29.1 Å². The number of amides is 1. The van der Waals surface area contributed by atoms with Gasteiger partial charge in [-0.2, -0.15) is 15.4 Å². The molecule has 1 fully saturated rings. The second-order valence-electron chi connectivity index (χ2n) is 5.32. The van der Waals surface area contributed by atoms with E-state index in [1.165, 1.54) is 30.5 Å². The summed E-state index contributed by atoms with van der Waals surface area (Å²) in [5, 5.41) is 9.80. The maximum Gasteiger partial charge on any atom is 0.276 e. The third-order valence-electron chi connectivity index (χ3n) is 3.84. The van der Waals surface area contributed by atoms with Gasteiger partial charge in [-0.25, -0.2) is 4.39 Å². The maximum absolute atomic E-state index is 12.9. The Bertz CT molecular complexity index is 669. The van der Waals surface area contributed by atoms with Gasteiger partial charge in [-0.15, -0.1) is 0 Å². The minimum absolute atomic E-state index is 0.0577. The van der Waals surface area contributed by atoms with Crippen LogP contribution in [-0.2, 0) is 0 Å². The molecule has 114 valence electrons. The molecule has 1 N–H and O–H groups in total. The number of rotatable bonds is 3. The van der Waals surface area contributed by atoms with Crippen LogP contribution in [0.25, 0.3) is 0 Å². The van der Waals surface area contributed by atoms with Gasteiger partial charge < -0.3 is 4.90 Å². The third kappa shape index (κ3) is 2.88. The van der Waals surface area contributed by atoms with Crippen molar-refractivity contribution in [2.45, 2.75) is 12.8 Å². The molecule has 1 aromatic heterocycles. The number of nitrogens with zero attached hydrogens (tertiary/aromatic N) is 3. The molecule has 0 aliphatic carbocycles. The number of likely N-dealkylation sites (tertiary alicyclic amines) is 1. The molecule has 2 heterocycles. The number of ketones is 1. The van der Waals surface area contributed by atoms with E-state index in [1.54, 1.807) is 4.90 Å². The Hall–Kier alpha value is -2.57. The van der Waals surface area contributed by atoms with Crippen molar-refractivity contribution in [1.82, 2.24) is 20.3 Å². The first-order chi connectivity index (χ1) is 10.6. The highest BCUT2D eigenvalue weighted by Gasteiger charge is 2.30. The van der Waals surface area contributed by atoms with Crippen LogP contribution in [0.5, 0.6) is 0 Å². The summed E-state index contributed by atoms with van der Waals surface area (Å²) in [5.74, 6) is -0.930. The van der Waals surface area contributed by atoms with Crippen molar-refractivity contribution in [3.8, 4) is 0 Å². The van der Waals surface area contributed by atoms with E-state index >= 15 is 0 Å². The molecule has 6 nitrogen and oxygen atoms in total. The van der Waals surface area contributed by atoms with Gasteiger partial charge in [-0.1, -0.05) is 0 Å². The van der Waals surface area contributed by atoms with Crippen LogP contribution in [0.3, 0.4) is 0 Å². The third-order valence-corrected chi connectivity index (χ3v) is 3.84. The maximum atomic E-state index is 12.9. The number of carbonyl (C=O) groups is 2. The second kappa shape index (κ2) is 6.05. The quantitative estimate of drug-likeness (QED) is 0.875. The fourth-order valence-electron chi connectivity index (χ4n) is 2.69. The Kier molecular flexibility index (Phi) is 3.95. The highest BCUT2D eigenvalue weighted by Crippen LogP contribution is 2.22. The number of carbonyl (C=O) groups excluding carboxylic acids is 2. The number of aromatic amines is 1. The lowest BCUT2D eigenvalue weighted by atomic mass is 9.90. The molecular formula is C15H15FN4O2. The van der Waals surface area contributed by atoms with Gasteiger partial charge >= 0.3 is 0 Å². The van der Waals surface area contributed by atoms with Crippen molar-refractivity contribution in [3.63, 3.8) is 0 Å². The van der Waals surface area contributed by atoms with Crippen LogP contribution < -0.4 is 0 Å². The molecule has 1 saturated heterocycles. The largest absolute Gasteiger partial charge is 0.336 e. The van der Waals surface area contributed by atoms with E-state index in [2.05, 4.69) is 15.4 Å². The van der Waals surface area contributed by atoms with Crippen LogP contribution in [0.1, 0.15) is 33.7 Å². The fraction of sp³-hybridized carbons (Fsp3) is 0.333. The molecule has 1 aromatic carbocycles. The Morgan fingerprint density at radius 3 is 2.73 bits per heavy atom. The van der Waals surface area contributed by atoms with E-state index < -0.39 is 0 Å². The van der Waals surface area contributed by atoms with Gasteiger partial charge in [0, 0.05) is 24.6 Å². The molecule has 1 unspecified atom stereocenters. The number of hydrogen-bond donors (Lipinski definition) is 1. The Labute approximate surface area is 126 Å². The van der Waals surface area contributed by atoms with E-state index in [0.717, 1.165) is 12.8 Å². The van der Waals surface area contributed by atoms with Crippen LogP contribution in [0.15, 0.2) is 30.5 Å². The van der Waals surface area contributed by atoms with E-state index in [4.69, 9.17) is 0 Å². The lowest BCUT2D eigenvalue weighted by Gasteiger charge is -2.31. The van der Waals surface area contributed by atoms with Gasteiger partial charge in [0.15, 0.2) is 11.5 Å². The minimum Gasteiger partial charge on any atom is -0.336 e. The first-order valence-corrected chi connectivity index (χ1v) is 7.10. The molecule has 0 radical (unpaired) electrons. The fourth-order valence-corrected chi connectivity index (χ4v) is 2.69. The summed E-state index contributed by atoms with van der Waals surface area (Å²) >= 11 is 0. The zero-order chi connectivity index (χ0) is 15.5. The molecular weight excluding hydrogens is 287 g/mol. The smallest absolute Gasteiger partial charge is 0.276 e. The van der Waals surface area contributed by atoms with Crippen molar-refractivity contribution in [1.29, 1.82) is 0 Å². The van der Waals surface area contributed by atoms with Crippen molar-refractivity contribution < 1.29 is 14.0 Å². The Morgan fingerprint density at radius 2 is 2.05 bits per heavy atom. The van der Waals surface area contributed by atoms with E-state index in [1.807, 2.05) is 0 Å². The van der Waals surface area contributed by atoms with Crippen molar-refractivity contribution in [2.75, 3.05) is 13.1 Å². The predicted molar refractivity (Wildman–Crippen MR) is 75.7 cm³/mol. The first kappa shape index (κ1) is 14.4. The molecule has 1 aliphatic heterocycles. The van der Waals surface area contributed by atoms with Crippen LogP contribution in [0, 0.1) is 11.7 Å². The number of halogens is 1. The predicted octanol–water partition coefficient (Wildman–Crippen LogP) is 1.68. The lowest BCUT2D eigenvalue weighted by molar-refractivity contribution is 0.0632. The van der Waals surface area contributed by atoms with Crippen LogP contribution in [0.4, 0.5) is 4.39 Å². The molecule has 22 heavy (non-hydrogen) atoms. The monoisotopic (exact) mass is 302 g/mol. The zero-order valence-electron chi connectivity index (χ0n) is 11.8. The number of hydrogen-bond acceptors (Lipinski definition) is 4. The number of benzene rings is 1. The summed E-state index contributed by atoms with van der Waals surface area (Å²) < 4.78 is 12.9. The first-order valence-electron chi connectivity index (χ1n) is 7.10. The summed E-state index contributed by atoms with van der Waals surface area (Å²) in [6.45, 7) is 0.945. The van der Waals surface area contributed by atoms with E-state index in [9.17, 15) is 14.0 Å². The average molecular weight is 302 g/mol. The Morgan fingerprint density at radius 1 is 1.27 bits per heavy atom. The molecule has 2 aromatic rings. The topological polar surface area (TPSA) is 79.0 Å². The number of piperidine rings is 1. The molecule has 0 saturated carbocycles. The van der Waals surface area contributed by atoms with Crippen molar-refractivity contribution in [3.05, 3.63) is 47.5 Å². The van der Waals surface area contributed by atoms with Gasteiger partial charge in [0.2, 0.25) is 0 Å². The van der Waals surface area contributed by atoms with Crippen molar-refractivity contribution >= 4 is 11.7 Å². The Balaban J connectivity index is 1.71. The number of aromatic nitrogens is 3. The molecule has 3 rings (SSSR count). The van der Waals surface area contributed by atoms with Crippen LogP contribution >= 0.6 is 0 Å². The highest BCUT2D eigenvalue weighted by molar-refractivity contribution is 5.99. The molecule has 0 bridgehead atoms. The number of H-pyrrole nitrogens is 1.